The summed E-state index contributed by atoms with van der Waals surface area (Å²) in [5.41, 5.74) is -0.609. The van der Waals surface area contributed by atoms with Gasteiger partial charge in [0.25, 0.3) is 0 Å². The number of carbonyl (C=O) groups is 1. The molecule has 0 atom stereocenters. The fourth-order valence-corrected chi connectivity index (χ4v) is 0.985. The molecule has 0 aliphatic heterocycles. The van der Waals surface area contributed by atoms with E-state index in [9.17, 15) is 4.79 Å². The van der Waals surface area contributed by atoms with Gasteiger partial charge in [-0.1, -0.05) is 0 Å². The highest BCUT2D eigenvalue weighted by molar-refractivity contribution is 6.17. The number of hydrogen-bond donors (Lipinski definition) is 1. The van der Waals surface area contributed by atoms with Crippen molar-refractivity contribution in [2.45, 2.75) is 32.7 Å². The molecule has 4 heteroatoms. The lowest BCUT2D eigenvalue weighted by Crippen LogP contribution is -2.48. The van der Waals surface area contributed by atoms with Crippen molar-refractivity contribution in [1.29, 1.82) is 0 Å². The summed E-state index contributed by atoms with van der Waals surface area (Å²) >= 11 is 5.51. The quantitative estimate of drug-likeness (QED) is 0.408. The third-order valence-corrected chi connectivity index (χ3v) is 1.93. The summed E-state index contributed by atoms with van der Waals surface area (Å²) in [5.74, 6) is 0.385. The average molecular weight is 208 g/mol. The minimum absolute atomic E-state index is 0.218. The summed E-state index contributed by atoms with van der Waals surface area (Å²) in [6, 6.07) is 0. The molecule has 1 N–H and O–H groups in total. The van der Waals surface area contributed by atoms with Crippen molar-refractivity contribution in [2.24, 2.45) is 0 Å². The maximum Gasteiger partial charge on any atom is 0.325 e. The van der Waals surface area contributed by atoms with Crippen LogP contribution in [0.2, 0.25) is 0 Å². The molecule has 0 aliphatic carbocycles. The van der Waals surface area contributed by atoms with Crippen molar-refractivity contribution in [3.05, 3.63) is 0 Å². The zero-order valence-electron chi connectivity index (χ0n) is 8.52. The van der Waals surface area contributed by atoms with Gasteiger partial charge in [0.05, 0.1) is 6.61 Å². The Balaban J connectivity index is 3.83. The number of nitrogens with one attached hydrogen (secondary N) is 1. The number of hydrogen-bond acceptors (Lipinski definition) is 3. The summed E-state index contributed by atoms with van der Waals surface area (Å²) < 4.78 is 4.90. The van der Waals surface area contributed by atoms with Gasteiger partial charge in [-0.2, -0.15) is 0 Å². The fraction of sp³-hybridized carbons (Fsp3) is 0.889. The van der Waals surface area contributed by atoms with E-state index in [1.807, 2.05) is 0 Å². The van der Waals surface area contributed by atoms with Crippen molar-refractivity contribution in [1.82, 2.24) is 5.32 Å². The lowest BCUT2D eigenvalue weighted by molar-refractivity contribution is -0.149. The Morgan fingerprint density at radius 2 is 2.15 bits per heavy atom. The molecule has 0 fully saturated rings. The van der Waals surface area contributed by atoms with Crippen LogP contribution < -0.4 is 5.32 Å². The van der Waals surface area contributed by atoms with Gasteiger partial charge in [-0.25, -0.2) is 0 Å². The highest BCUT2D eigenvalue weighted by Crippen LogP contribution is 2.04. The van der Waals surface area contributed by atoms with Crippen molar-refractivity contribution in [2.75, 3.05) is 19.0 Å². The van der Waals surface area contributed by atoms with Crippen LogP contribution in [0.15, 0.2) is 0 Å². The van der Waals surface area contributed by atoms with Crippen LogP contribution >= 0.6 is 11.6 Å². The third kappa shape index (κ3) is 5.11. The minimum atomic E-state index is -0.609. The summed E-state index contributed by atoms with van der Waals surface area (Å²) in [6.45, 7) is 6.56. The van der Waals surface area contributed by atoms with E-state index in [-0.39, 0.29) is 5.97 Å². The van der Waals surface area contributed by atoms with Crippen LogP contribution in [0.1, 0.15) is 27.2 Å². The first-order chi connectivity index (χ1) is 6.04. The Hall–Kier alpha value is -0.280. The van der Waals surface area contributed by atoms with E-state index in [2.05, 4.69) is 5.32 Å². The van der Waals surface area contributed by atoms with Gasteiger partial charge in [-0.3, -0.25) is 4.79 Å². The molecule has 0 aromatic heterocycles. The number of rotatable bonds is 6. The van der Waals surface area contributed by atoms with Gasteiger partial charge in [-0.05, 0) is 33.7 Å². The van der Waals surface area contributed by atoms with Crippen LogP contribution in [0.25, 0.3) is 0 Å². The van der Waals surface area contributed by atoms with Gasteiger partial charge in [0.2, 0.25) is 0 Å². The molecule has 0 heterocycles. The fourth-order valence-electron chi connectivity index (χ4n) is 0.851. The molecule has 0 aliphatic rings. The molecule has 0 rings (SSSR count). The van der Waals surface area contributed by atoms with E-state index >= 15 is 0 Å². The van der Waals surface area contributed by atoms with E-state index in [0.717, 1.165) is 13.0 Å². The normalized spacial score (nSPS) is 11.4. The lowest BCUT2D eigenvalue weighted by Gasteiger charge is -2.23. The summed E-state index contributed by atoms with van der Waals surface area (Å²) in [5, 5.41) is 3.09. The van der Waals surface area contributed by atoms with Crippen molar-refractivity contribution < 1.29 is 9.53 Å². The molecule has 78 valence electrons. The molecule has 0 aromatic carbocycles. The molecule has 0 bridgehead atoms. The second kappa shape index (κ2) is 6.22. The van der Waals surface area contributed by atoms with Crippen LogP contribution in [0, 0.1) is 0 Å². The molecule has 0 saturated carbocycles. The molecular formula is C9H18ClNO2. The van der Waals surface area contributed by atoms with E-state index in [1.165, 1.54) is 0 Å². The van der Waals surface area contributed by atoms with E-state index in [4.69, 9.17) is 16.3 Å². The first-order valence-corrected chi connectivity index (χ1v) is 5.06. The predicted molar refractivity (Wildman–Crippen MR) is 54.1 cm³/mol. The topological polar surface area (TPSA) is 38.3 Å². The number of ether oxygens (including phenoxy) is 1. The zero-order valence-corrected chi connectivity index (χ0v) is 9.28. The van der Waals surface area contributed by atoms with Crippen LogP contribution in [0.3, 0.4) is 0 Å². The molecule has 0 saturated heterocycles. The number of alkyl halides is 1. The standard InChI is InChI=1S/C9H18ClNO2/c1-4-13-8(12)9(2,3)11-7-5-6-10/h11H,4-7H2,1-3H3. The van der Waals surface area contributed by atoms with Gasteiger partial charge in [0.15, 0.2) is 0 Å². The Morgan fingerprint density at radius 3 is 2.62 bits per heavy atom. The Kier molecular flexibility index (Phi) is 6.08. The Labute approximate surface area is 84.8 Å². The first kappa shape index (κ1) is 12.7. The molecule has 3 nitrogen and oxygen atoms in total. The molecule has 0 unspecified atom stereocenters. The third-order valence-electron chi connectivity index (χ3n) is 1.66. The second-order valence-electron chi connectivity index (χ2n) is 3.31. The number of carbonyl (C=O) groups excluding carboxylic acids is 1. The monoisotopic (exact) mass is 207 g/mol. The second-order valence-corrected chi connectivity index (χ2v) is 3.69. The highest BCUT2D eigenvalue weighted by Gasteiger charge is 2.27. The van der Waals surface area contributed by atoms with E-state index in [1.54, 1.807) is 20.8 Å². The van der Waals surface area contributed by atoms with Crippen molar-refractivity contribution in [3.63, 3.8) is 0 Å². The zero-order chi connectivity index (χ0) is 10.3. The van der Waals surface area contributed by atoms with Crippen molar-refractivity contribution >= 4 is 17.6 Å². The number of halogens is 1. The van der Waals surface area contributed by atoms with Crippen LogP contribution in [-0.2, 0) is 9.53 Å². The molecule has 0 aromatic rings. The van der Waals surface area contributed by atoms with Gasteiger partial charge in [-0.15, -0.1) is 11.6 Å². The molecule has 0 spiro atoms. The predicted octanol–water partition coefficient (Wildman–Crippen LogP) is 1.55. The summed E-state index contributed by atoms with van der Waals surface area (Å²) in [4.78, 5) is 11.3. The van der Waals surface area contributed by atoms with Crippen LogP contribution in [-0.4, -0.2) is 30.5 Å². The largest absolute Gasteiger partial charge is 0.465 e. The van der Waals surface area contributed by atoms with Gasteiger partial charge >= 0.3 is 5.97 Å². The highest BCUT2D eigenvalue weighted by atomic mass is 35.5. The van der Waals surface area contributed by atoms with Crippen molar-refractivity contribution in [3.8, 4) is 0 Å². The average Bonchev–Trinajstić information content (AvgIpc) is 2.05. The maximum atomic E-state index is 11.3. The Morgan fingerprint density at radius 1 is 1.54 bits per heavy atom. The minimum Gasteiger partial charge on any atom is -0.465 e. The Bertz CT molecular complexity index is 160. The summed E-state index contributed by atoms with van der Waals surface area (Å²) in [6.07, 6.45) is 0.852. The van der Waals surface area contributed by atoms with E-state index < -0.39 is 5.54 Å². The lowest BCUT2D eigenvalue weighted by atomic mass is 10.1. The van der Waals surface area contributed by atoms with Gasteiger partial charge < -0.3 is 10.1 Å². The molecule has 0 radical (unpaired) electrons. The molecule has 13 heavy (non-hydrogen) atoms. The number of esters is 1. The van der Waals surface area contributed by atoms with Gasteiger partial charge in [0, 0.05) is 5.88 Å². The van der Waals surface area contributed by atoms with Crippen LogP contribution in [0.5, 0.6) is 0 Å². The molecule has 0 amide bonds. The summed E-state index contributed by atoms with van der Waals surface area (Å²) in [7, 11) is 0. The van der Waals surface area contributed by atoms with E-state index in [0.29, 0.717) is 12.5 Å². The molecular weight excluding hydrogens is 190 g/mol. The smallest absolute Gasteiger partial charge is 0.325 e. The van der Waals surface area contributed by atoms with Gasteiger partial charge in [0.1, 0.15) is 5.54 Å². The SMILES string of the molecule is CCOC(=O)C(C)(C)NCCCCl. The maximum absolute atomic E-state index is 11.3. The first-order valence-electron chi connectivity index (χ1n) is 4.52. The van der Waals surface area contributed by atoms with Crippen LogP contribution in [0.4, 0.5) is 0 Å².